The third-order valence-electron chi connectivity index (χ3n) is 4.42. The molecule has 1 rings (SSSR count). The first-order valence-electron chi connectivity index (χ1n) is 10.5. The molecule has 174 valence electrons. The molecular formula is C22H35N3O6. The minimum absolute atomic E-state index is 0.102. The Morgan fingerprint density at radius 3 is 2.35 bits per heavy atom. The summed E-state index contributed by atoms with van der Waals surface area (Å²) < 4.78 is 15.8. The van der Waals surface area contributed by atoms with Gasteiger partial charge in [-0.15, -0.1) is 0 Å². The van der Waals surface area contributed by atoms with Crippen LogP contribution in [0.15, 0.2) is 24.4 Å². The molecule has 0 fully saturated rings. The van der Waals surface area contributed by atoms with Crippen LogP contribution in [0.4, 0.5) is 4.79 Å². The molecule has 0 saturated heterocycles. The average Bonchev–Trinajstić information content (AvgIpc) is 2.72. The van der Waals surface area contributed by atoms with E-state index in [1.807, 2.05) is 32.0 Å². The summed E-state index contributed by atoms with van der Waals surface area (Å²) in [7, 11) is 1.59. The Hall–Kier alpha value is -2.68. The second-order valence-corrected chi connectivity index (χ2v) is 8.18. The number of nitrogens with zero attached hydrogens (tertiary/aromatic N) is 2. The zero-order valence-corrected chi connectivity index (χ0v) is 19.1. The van der Waals surface area contributed by atoms with Crippen molar-refractivity contribution in [3.63, 3.8) is 0 Å². The smallest absolute Gasteiger partial charge is 0.410 e. The highest BCUT2D eigenvalue weighted by molar-refractivity contribution is 5.75. The number of amides is 1. The standard InChI is InChI=1S/C22H35N3O6/c1-15(2)12-19(26)29-13-18(14-30-21(27)20(23)16(3)4)31-22(28)25(5)11-9-17-8-6-7-10-24-17/h6-8,10,15-16,18,20H,9,11-14,23H2,1-5H3. The van der Waals surface area contributed by atoms with Crippen molar-refractivity contribution in [2.45, 2.75) is 52.7 Å². The molecule has 1 aromatic heterocycles. The van der Waals surface area contributed by atoms with Crippen LogP contribution in [0.3, 0.4) is 0 Å². The van der Waals surface area contributed by atoms with Gasteiger partial charge in [-0.05, 0) is 24.0 Å². The summed E-state index contributed by atoms with van der Waals surface area (Å²) in [5, 5.41) is 0. The van der Waals surface area contributed by atoms with E-state index >= 15 is 0 Å². The van der Waals surface area contributed by atoms with Crippen molar-refractivity contribution >= 4 is 18.0 Å². The van der Waals surface area contributed by atoms with Gasteiger partial charge in [0, 0.05) is 38.3 Å². The van der Waals surface area contributed by atoms with Crippen LogP contribution in [0.5, 0.6) is 0 Å². The van der Waals surface area contributed by atoms with Crippen LogP contribution < -0.4 is 5.73 Å². The highest BCUT2D eigenvalue weighted by atomic mass is 16.6. The van der Waals surface area contributed by atoms with Crippen LogP contribution in [0, 0.1) is 11.8 Å². The molecule has 0 spiro atoms. The van der Waals surface area contributed by atoms with Gasteiger partial charge in [0.15, 0.2) is 6.10 Å². The maximum absolute atomic E-state index is 12.5. The molecule has 0 aliphatic carbocycles. The molecule has 2 unspecified atom stereocenters. The molecule has 0 aliphatic heterocycles. The SMILES string of the molecule is CC(C)CC(=O)OCC(COC(=O)C(N)C(C)C)OC(=O)N(C)CCc1ccccn1. The number of likely N-dealkylation sites (N-methyl/N-ethyl adjacent to an activating group) is 1. The van der Waals surface area contributed by atoms with Gasteiger partial charge in [-0.2, -0.15) is 0 Å². The first-order valence-corrected chi connectivity index (χ1v) is 10.5. The largest absolute Gasteiger partial charge is 0.462 e. The number of ether oxygens (including phenoxy) is 3. The van der Waals surface area contributed by atoms with E-state index in [0.717, 1.165) is 5.69 Å². The molecule has 0 bridgehead atoms. The summed E-state index contributed by atoms with van der Waals surface area (Å²) >= 11 is 0. The number of nitrogens with two attached hydrogens (primary N) is 1. The molecule has 1 aromatic rings. The molecule has 0 saturated carbocycles. The van der Waals surface area contributed by atoms with Crippen molar-refractivity contribution in [3.8, 4) is 0 Å². The summed E-state index contributed by atoms with van der Waals surface area (Å²) in [6.07, 6.45) is 0.918. The number of carbonyl (C=O) groups is 3. The lowest BCUT2D eigenvalue weighted by Gasteiger charge is -2.23. The highest BCUT2D eigenvalue weighted by Crippen LogP contribution is 2.07. The van der Waals surface area contributed by atoms with Gasteiger partial charge in [0.1, 0.15) is 19.3 Å². The summed E-state index contributed by atoms with van der Waals surface area (Å²) in [5.74, 6) is -0.985. The maximum Gasteiger partial charge on any atom is 0.410 e. The molecular weight excluding hydrogens is 402 g/mol. The minimum Gasteiger partial charge on any atom is -0.462 e. The van der Waals surface area contributed by atoms with Gasteiger partial charge in [-0.1, -0.05) is 33.8 Å². The van der Waals surface area contributed by atoms with Crippen molar-refractivity contribution in [1.82, 2.24) is 9.88 Å². The van der Waals surface area contributed by atoms with E-state index in [0.29, 0.717) is 13.0 Å². The normalized spacial score (nSPS) is 12.9. The summed E-state index contributed by atoms with van der Waals surface area (Å²) in [6.45, 7) is 7.30. The molecule has 9 heteroatoms. The Labute approximate surface area is 184 Å². The lowest BCUT2D eigenvalue weighted by molar-refractivity contribution is -0.154. The van der Waals surface area contributed by atoms with E-state index in [1.54, 1.807) is 27.1 Å². The topological polar surface area (TPSA) is 121 Å². The molecule has 0 aliphatic rings. The zero-order chi connectivity index (χ0) is 23.4. The van der Waals surface area contributed by atoms with Gasteiger partial charge in [0.05, 0.1) is 0 Å². The quantitative estimate of drug-likeness (QED) is 0.390. The zero-order valence-electron chi connectivity index (χ0n) is 19.1. The number of aromatic nitrogens is 1. The fourth-order valence-corrected chi connectivity index (χ4v) is 2.39. The van der Waals surface area contributed by atoms with E-state index in [-0.39, 0.29) is 31.5 Å². The van der Waals surface area contributed by atoms with Gasteiger partial charge in [0.25, 0.3) is 0 Å². The van der Waals surface area contributed by atoms with E-state index in [9.17, 15) is 14.4 Å². The monoisotopic (exact) mass is 437 g/mol. The number of hydrogen-bond acceptors (Lipinski definition) is 8. The second-order valence-electron chi connectivity index (χ2n) is 8.18. The first-order chi connectivity index (χ1) is 14.6. The third kappa shape index (κ3) is 10.8. The Kier molecular flexibility index (Phi) is 11.6. The van der Waals surface area contributed by atoms with Crippen molar-refractivity contribution in [3.05, 3.63) is 30.1 Å². The summed E-state index contributed by atoms with van der Waals surface area (Å²) in [4.78, 5) is 42.0. The lowest BCUT2D eigenvalue weighted by atomic mass is 10.1. The number of esters is 2. The second kappa shape index (κ2) is 13.6. The van der Waals surface area contributed by atoms with Crippen molar-refractivity contribution in [1.29, 1.82) is 0 Å². The molecule has 2 N–H and O–H groups in total. The van der Waals surface area contributed by atoms with Crippen LogP contribution >= 0.6 is 0 Å². The van der Waals surface area contributed by atoms with Crippen LogP contribution in [0.25, 0.3) is 0 Å². The molecule has 1 heterocycles. The van der Waals surface area contributed by atoms with Gasteiger partial charge >= 0.3 is 18.0 Å². The van der Waals surface area contributed by atoms with Crippen LogP contribution in [-0.2, 0) is 30.2 Å². The third-order valence-corrected chi connectivity index (χ3v) is 4.42. The van der Waals surface area contributed by atoms with Crippen molar-refractivity contribution < 1.29 is 28.6 Å². The van der Waals surface area contributed by atoms with Crippen LogP contribution in [0.1, 0.15) is 39.8 Å². The fraction of sp³-hybridized carbons (Fsp3) is 0.636. The first kappa shape index (κ1) is 26.4. The minimum atomic E-state index is -0.941. The number of hydrogen-bond donors (Lipinski definition) is 1. The predicted molar refractivity (Wildman–Crippen MR) is 115 cm³/mol. The average molecular weight is 438 g/mol. The molecule has 0 radical (unpaired) electrons. The van der Waals surface area contributed by atoms with Gasteiger partial charge in [-0.3, -0.25) is 14.6 Å². The molecule has 31 heavy (non-hydrogen) atoms. The highest BCUT2D eigenvalue weighted by Gasteiger charge is 2.24. The number of pyridine rings is 1. The molecule has 1 amide bonds. The van der Waals surface area contributed by atoms with Crippen LogP contribution in [0.2, 0.25) is 0 Å². The van der Waals surface area contributed by atoms with E-state index < -0.39 is 30.2 Å². The Balaban J connectivity index is 2.64. The molecule has 9 nitrogen and oxygen atoms in total. The summed E-state index contributed by atoms with van der Waals surface area (Å²) in [6, 6.07) is 4.77. The van der Waals surface area contributed by atoms with E-state index in [2.05, 4.69) is 4.98 Å². The van der Waals surface area contributed by atoms with Crippen LogP contribution in [-0.4, -0.2) is 66.9 Å². The summed E-state index contributed by atoms with van der Waals surface area (Å²) in [5.41, 5.74) is 6.63. The number of rotatable bonds is 12. The van der Waals surface area contributed by atoms with Gasteiger partial charge in [-0.25, -0.2) is 4.79 Å². The fourth-order valence-electron chi connectivity index (χ4n) is 2.39. The van der Waals surface area contributed by atoms with Gasteiger partial charge in [0.2, 0.25) is 0 Å². The lowest BCUT2D eigenvalue weighted by Crippen LogP contribution is -2.41. The van der Waals surface area contributed by atoms with Crippen molar-refractivity contribution in [2.75, 3.05) is 26.8 Å². The molecule has 2 atom stereocenters. The Morgan fingerprint density at radius 2 is 1.77 bits per heavy atom. The number of carbonyl (C=O) groups excluding carboxylic acids is 3. The van der Waals surface area contributed by atoms with Gasteiger partial charge < -0.3 is 24.8 Å². The van der Waals surface area contributed by atoms with Crippen molar-refractivity contribution in [2.24, 2.45) is 17.6 Å². The maximum atomic E-state index is 12.5. The molecule has 0 aromatic carbocycles. The van der Waals surface area contributed by atoms with E-state index in [4.69, 9.17) is 19.9 Å². The Bertz CT molecular complexity index is 696. The Morgan fingerprint density at radius 1 is 1.10 bits per heavy atom. The van der Waals surface area contributed by atoms with E-state index in [1.165, 1.54) is 4.90 Å². The predicted octanol–water partition coefficient (Wildman–Crippen LogP) is 2.18.